The molecule has 0 N–H and O–H groups in total. The van der Waals surface area contributed by atoms with Gasteiger partial charge in [0.2, 0.25) is 5.88 Å². The molecule has 158 valence electrons. The SMILES string of the molecule is CCc1c(COC(C)=O)cc2ccc(F)cc2c1Oc1ccc(S(=O)(=O)CC)cn1. The van der Waals surface area contributed by atoms with Crippen LogP contribution >= 0.6 is 0 Å². The van der Waals surface area contributed by atoms with Crippen molar-refractivity contribution in [3.63, 3.8) is 0 Å². The van der Waals surface area contributed by atoms with Gasteiger partial charge in [0, 0.05) is 30.1 Å². The van der Waals surface area contributed by atoms with Crippen LogP contribution in [0.1, 0.15) is 31.9 Å². The van der Waals surface area contributed by atoms with Crippen molar-refractivity contribution in [2.24, 2.45) is 0 Å². The molecule has 30 heavy (non-hydrogen) atoms. The van der Waals surface area contributed by atoms with Crippen LogP contribution in [0, 0.1) is 5.82 Å². The first-order valence-corrected chi connectivity index (χ1v) is 11.1. The third-order valence-corrected chi connectivity index (χ3v) is 6.41. The number of hydrogen-bond donors (Lipinski definition) is 0. The first kappa shape index (κ1) is 21.7. The number of fused-ring (bicyclic) bond motifs is 1. The predicted octanol–water partition coefficient (Wildman–Crippen LogP) is 4.59. The van der Waals surface area contributed by atoms with E-state index in [1.807, 2.05) is 13.0 Å². The summed E-state index contributed by atoms with van der Waals surface area (Å²) in [5.74, 6) is -0.283. The van der Waals surface area contributed by atoms with E-state index in [0.717, 1.165) is 16.5 Å². The van der Waals surface area contributed by atoms with Crippen molar-refractivity contribution in [2.45, 2.75) is 38.7 Å². The van der Waals surface area contributed by atoms with Gasteiger partial charge < -0.3 is 9.47 Å². The number of pyridine rings is 1. The Hall–Kier alpha value is -3.00. The minimum atomic E-state index is -3.38. The summed E-state index contributed by atoms with van der Waals surface area (Å²) in [5.41, 5.74) is 1.49. The second-order valence-electron chi connectivity index (χ2n) is 6.68. The van der Waals surface area contributed by atoms with Gasteiger partial charge in [-0.1, -0.05) is 19.9 Å². The molecule has 0 bridgehead atoms. The van der Waals surface area contributed by atoms with Gasteiger partial charge in [-0.15, -0.1) is 0 Å². The quantitative estimate of drug-likeness (QED) is 0.509. The van der Waals surface area contributed by atoms with E-state index in [1.165, 1.54) is 37.4 Å². The highest BCUT2D eigenvalue weighted by Crippen LogP contribution is 2.37. The molecule has 2 aromatic carbocycles. The third-order valence-electron chi connectivity index (χ3n) is 4.69. The van der Waals surface area contributed by atoms with Crippen molar-refractivity contribution in [1.82, 2.24) is 4.98 Å². The predicted molar refractivity (Wildman–Crippen MR) is 111 cm³/mol. The summed E-state index contributed by atoms with van der Waals surface area (Å²) in [6, 6.07) is 9.07. The standard InChI is InChI=1S/C22H22FNO5S/c1-4-19-16(13-28-14(3)25)10-15-6-7-17(23)11-20(15)22(19)29-21-9-8-18(12-24-21)30(26,27)5-2/h6-12H,4-5,13H2,1-3H3. The third kappa shape index (κ3) is 4.59. The normalized spacial score (nSPS) is 11.5. The zero-order valence-corrected chi connectivity index (χ0v) is 17.8. The Labute approximate surface area is 174 Å². The summed E-state index contributed by atoms with van der Waals surface area (Å²) in [4.78, 5) is 15.5. The number of carbonyl (C=O) groups excluding carboxylic acids is 1. The van der Waals surface area contributed by atoms with Crippen LogP contribution in [0.4, 0.5) is 4.39 Å². The molecule has 1 aromatic heterocycles. The molecule has 6 nitrogen and oxygen atoms in total. The highest BCUT2D eigenvalue weighted by atomic mass is 32.2. The Bertz CT molecular complexity index is 1190. The summed E-state index contributed by atoms with van der Waals surface area (Å²) < 4.78 is 49.1. The van der Waals surface area contributed by atoms with E-state index in [4.69, 9.17) is 9.47 Å². The Kier molecular flexibility index (Phi) is 6.36. The van der Waals surface area contributed by atoms with E-state index in [0.29, 0.717) is 17.6 Å². The molecule has 0 amide bonds. The average Bonchev–Trinajstić information content (AvgIpc) is 2.72. The number of aromatic nitrogens is 1. The summed E-state index contributed by atoms with van der Waals surface area (Å²) in [5, 5.41) is 1.27. The highest BCUT2D eigenvalue weighted by Gasteiger charge is 2.18. The Morgan fingerprint density at radius 1 is 1.13 bits per heavy atom. The fourth-order valence-corrected chi connectivity index (χ4v) is 3.95. The van der Waals surface area contributed by atoms with E-state index >= 15 is 0 Å². The number of benzene rings is 2. The molecule has 1 heterocycles. The van der Waals surface area contributed by atoms with Crippen LogP contribution in [0.15, 0.2) is 47.5 Å². The molecule has 0 fully saturated rings. The topological polar surface area (TPSA) is 82.6 Å². The largest absolute Gasteiger partial charge is 0.461 e. The van der Waals surface area contributed by atoms with Gasteiger partial charge in [-0.25, -0.2) is 17.8 Å². The number of halogens is 1. The smallest absolute Gasteiger partial charge is 0.302 e. The average molecular weight is 431 g/mol. The monoisotopic (exact) mass is 431 g/mol. The summed E-state index contributed by atoms with van der Waals surface area (Å²) >= 11 is 0. The van der Waals surface area contributed by atoms with E-state index in [1.54, 1.807) is 13.0 Å². The molecule has 3 rings (SSSR count). The van der Waals surface area contributed by atoms with Crippen LogP contribution in [0.2, 0.25) is 0 Å². The molecule has 3 aromatic rings. The molecule has 0 aliphatic rings. The van der Waals surface area contributed by atoms with Crippen LogP contribution in [0.5, 0.6) is 11.6 Å². The first-order valence-electron chi connectivity index (χ1n) is 9.49. The van der Waals surface area contributed by atoms with Gasteiger partial charge in [0.1, 0.15) is 18.2 Å². The second-order valence-corrected chi connectivity index (χ2v) is 8.96. The van der Waals surface area contributed by atoms with E-state index in [2.05, 4.69) is 4.98 Å². The lowest BCUT2D eigenvalue weighted by atomic mass is 9.97. The second kappa shape index (κ2) is 8.79. The Balaban J connectivity index is 2.10. The highest BCUT2D eigenvalue weighted by molar-refractivity contribution is 7.91. The number of hydrogen-bond acceptors (Lipinski definition) is 6. The lowest BCUT2D eigenvalue weighted by molar-refractivity contribution is -0.142. The summed E-state index contributed by atoms with van der Waals surface area (Å²) in [6.45, 7) is 4.86. The van der Waals surface area contributed by atoms with Crippen molar-refractivity contribution in [3.05, 3.63) is 59.5 Å². The molecular formula is C22H22FNO5S. The number of sulfone groups is 1. The van der Waals surface area contributed by atoms with Gasteiger partial charge >= 0.3 is 5.97 Å². The van der Waals surface area contributed by atoms with E-state index in [9.17, 15) is 17.6 Å². The van der Waals surface area contributed by atoms with Crippen LogP contribution in [0.25, 0.3) is 10.8 Å². The van der Waals surface area contributed by atoms with Crippen molar-refractivity contribution in [2.75, 3.05) is 5.75 Å². The maximum Gasteiger partial charge on any atom is 0.302 e. The molecule has 0 saturated carbocycles. The molecule has 0 unspecified atom stereocenters. The number of nitrogens with zero attached hydrogens (tertiary/aromatic N) is 1. The van der Waals surface area contributed by atoms with Crippen LogP contribution in [-0.2, 0) is 32.4 Å². The molecule has 0 aliphatic carbocycles. The Morgan fingerprint density at radius 3 is 2.50 bits per heavy atom. The lowest BCUT2D eigenvalue weighted by Gasteiger charge is -2.17. The minimum absolute atomic E-state index is 0.0308. The van der Waals surface area contributed by atoms with Crippen molar-refractivity contribution < 1.29 is 27.1 Å². The molecule has 0 atom stereocenters. The zero-order chi connectivity index (χ0) is 21.9. The van der Waals surface area contributed by atoms with Gasteiger partial charge in [0.25, 0.3) is 0 Å². The summed E-state index contributed by atoms with van der Waals surface area (Å²) in [7, 11) is -3.38. The van der Waals surface area contributed by atoms with E-state index < -0.39 is 21.6 Å². The number of rotatable bonds is 7. The molecule has 0 saturated heterocycles. The molecule has 0 radical (unpaired) electrons. The van der Waals surface area contributed by atoms with Crippen molar-refractivity contribution in [3.8, 4) is 11.6 Å². The number of esters is 1. The van der Waals surface area contributed by atoms with Gasteiger partial charge in [-0.05, 0) is 41.6 Å². The maximum atomic E-state index is 14.0. The van der Waals surface area contributed by atoms with Gasteiger partial charge in [0.05, 0.1) is 10.6 Å². The fourth-order valence-electron chi connectivity index (χ4n) is 3.13. The number of ether oxygens (including phenoxy) is 2. The van der Waals surface area contributed by atoms with Gasteiger partial charge in [-0.3, -0.25) is 4.79 Å². The van der Waals surface area contributed by atoms with Gasteiger partial charge in [0.15, 0.2) is 9.84 Å². The first-order chi connectivity index (χ1) is 14.2. The minimum Gasteiger partial charge on any atom is -0.461 e. The number of carbonyl (C=O) groups is 1. The lowest BCUT2D eigenvalue weighted by Crippen LogP contribution is -2.05. The molecule has 0 spiro atoms. The van der Waals surface area contributed by atoms with Crippen molar-refractivity contribution in [1.29, 1.82) is 0 Å². The van der Waals surface area contributed by atoms with Gasteiger partial charge in [-0.2, -0.15) is 0 Å². The van der Waals surface area contributed by atoms with Crippen LogP contribution in [0.3, 0.4) is 0 Å². The zero-order valence-electron chi connectivity index (χ0n) is 16.9. The molecule has 8 heteroatoms. The van der Waals surface area contributed by atoms with E-state index in [-0.39, 0.29) is 23.1 Å². The molecular weight excluding hydrogens is 409 g/mol. The van der Waals surface area contributed by atoms with Crippen LogP contribution in [-0.4, -0.2) is 25.1 Å². The molecule has 0 aliphatic heterocycles. The Morgan fingerprint density at radius 2 is 1.90 bits per heavy atom. The maximum absolute atomic E-state index is 14.0. The van der Waals surface area contributed by atoms with Crippen molar-refractivity contribution >= 4 is 26.6 Å². The summed E-state index contributed by atoms with van der Waals surface area (Å²) in [6.07, 6.45) is 1.78. The fraction of sp³-hybridized carbons (Fsp3) is 0.273. The van der Waals surface area contributed by atoms with Crippen LogP contribution < -0.4 is 4.74 Å².